The topological polar surface area (TPSA) is 74.2 Å². The number of pyridine rings is 1. The molecule has 0 spiro atoms. The second-order valence-electron chi connectivity index (χ2n) is 5.71. The summed E-state index contributed by atoms with van der Waals surface area (Å²) in [6.45, 7) is 3.99. The Labute approximate surface area is 137 Å². The first-order chi connectivity index (χ1) is 11.0. The molecule has 1 aliphatic heterocycles. The van der Waals surface area contributed by atoms with E-state index in [1.54, 1.807) is 24.3 Å². The van der Waals surface area contributed by atoms with Gasteiger partial charge in [0.05, 0.1) is 5.69 Å². The first kappa shape index (κ1) is 14.0. The number of benzene rings is 1. The van der Waals surface area contributed by atoms with Crippen LogP contribution in [0.25, 0.3) is 10.2 Å². The maximum Gasteiger partial charge on any atom is 0.265 e. The fraction of sp³-hybridized carbons (Fsp3) is 0.176. The molecule has 3 aromatic rings. The van der Waals surface area contributed by atoms with Crippen molar-refractivity contribution in [1.82, 2.24) is 10.3 Å². The Kier molecular flexibility index (Phi) is 3.02. The fourth-order valence-electron chi connectivity index (χ4n) is 2.95. The van der Waals surface area contributed by atoms with E-state index in [-0.39, 0.29) is 17.8 Å². The molecule has 0 saturated heterocycles. The lowest BCUT2D eigenvalue weighted by molar-refractivity contribution is 0.0940. The predicted octanol–water partition coefficient (Wildman–Crippen LogP) is 3.47. The van der Waals surface area contributed by atoms with Gasteiger partial charge in [-0.2, -0.15) is 0 Å². The molecule has 0 aliphatic carbocycles. The molecule has 116 valence electrons. The van der Waals surface area contributed by atoms with Crippen molar-refractivity contribution in [2.45, 2.75) is 20.0 Å². The van der Waals surface area contributed by atoms with Crippen LogP contribution in [0, 0.1) is 13.8 Å². The average Bonchev–Trinajstić information content (AvgIpc) is 2.87. The fourth-order valence-corrected chi connectivity index (χ4v) is 4.11. The van der Waals surface area contributed by atoms with Crippen molar-refractivity contribution >= 4 is 33.1 Å². The monoisotopic (exact) mass is 325 g/mol. The van der Waals surface area contributed by atoms with Crippen LogP contribution in [-0.2, 0) is 0 Å². The third-order valence-electron chi connectivity index (χ3n) is 3.98. The molecule has 1 aromatic carbocycles. The molecule has 0 saturated carbocycles. The number of aryl methyl sites for hydroxylation is 2. The van der Waals surface area contributed by atoms with E-state index in [4.69, 9.17) is 0 Å². The molecule has 1 aliphatic rings. The normalized spacial score (nSPS) is 16.8. The predicted molar refractivity (Wildman–Crippen MR) is 91.0 cm³/mol. The number of carbonyl (C=O) groups excluding carboxylic acids is 1. The molecular weight excluding hydrogens is 310 g/mol. The number of anilines is 1. The summed E-state index contributed by atoms with van der Waals surface area (Å²) in [5, 5.41) is 16.8. The van der Waals surface area contributed by atoms with Crippen LogP contribution in [0.1, 0.15) is 32.7 Å². The minimum atomic E-state index is -0.325. The maximum absolute atomic E-state index is 12.5. The van der Waals surface area contributed by atoms with Gasteiger partial charge in [0.15, 0.2) is 0 Å². The van der Waals surface area contributed by atoms with E-state index in [0.29, 0.717) is 4.88 Å². The third-order valence-corrected chi connectivity index (χ3v) is 5.07. The number of carbonyl (C=O) groups is 1. The van der Waals surface area contributed by atoms with Crippen LogP contribution in [0.5, 0.6) is 5.75 Å². The Balaban J connectivity index is 1.84. The van der Waals surface area contributed by atoms with Crippen LogP contribution >= 0.6 is 11.3 Å². The molecular formula is C17H15N3O2S. The summed E-state index contributed by atoms with van der Waals surface area (Å²) in [6.07, 6.45) is -0.325. The number of amides is 1. The number of hydrogen-bond acceptors (Lipinski definition) is 5. The maximum atomic E-state index is 12.5. The zero-order valence-corrected chi connectivity index (χ0v) is 13.5. The Morgan fingerprint density at radius 1 is 1.17 bits per heavy atom. The number of hydrogen-bond donors (Lipinski definition) is 3. The van der Waals surface area contributed by atoms with Crippen LogP contribution in [0.4, 0.5) is 5.69 Å². The molecule has 4 rings (SSSR count). The van der Waals surface area contributed by atoms with E-state index in [1.807, 2.05) is 19.9 Å². The van der Waals surface area contributed by atoms with E-state index >= 15 is 0 Å². The number of phenols is 1. The smallest absolute Gasteiger partial charge is 0.265 e. The van der Waals surface area contributed by atoms with Crippen molar-refractivity contribution < 1.29 is 9.90 Å². The van der Waals surface area contributed by atoms with Crippen LogP contribution in [-0.4, -0.2) is 16.0 Å². The highest BCUT2D eigenvalue weighted by molar-refractivity contribution is 7.21. The number of aromatic nitrogens is 1. The molecule has 0 fully saturated rings. The second kappa shape index (κ2) is 4.96. The summed E-state index contributed by atoms with van der Waals surface area (Å²) in [6, 6.07) is 8.84. The zero-order valence-electron chi connectivity index (χ0n) is 12.7. The van der Waals surface area contributed by atoms with Gasteiger partial charge >= 0.3 is 0 Å². The Hall–Kier alpha value is -2.60. The minimum Gasteiger partial charge on any atom is -0.508 e. The molecule has 0 radical (unpaired) electrons. The van der Waals surface area contributed by atoms with Crippen molar-refractivity contribution in [2.75, 3.05) is 5.32 Å². The molecule has 2 aromatic heterocycles. The molecule has 1 atom stereocenters. The number of fused-ring (bicyclic) bond motifs is 3. The molecule has 23 heavy (non-hydrogen) atoms. The third kappa shape index (κ3) is 2.22. The first-order valence-corrected chi connectivity index (χ1v) is 8.11. The van der Waals surface area contributed by atoms with Gasteiger partial charge in [-0.15, -0.1) is 11.3 Å². The Bertz CT molecular complexity index is 931. The van der Waals surface area contributed by atoms with Crippen molar-refractivity contribution in [3.8, 4) is 5.75 Å². The molecule has 3 heterocycles. The van der Waals surface area contributed by atoms with E-state index in [9.17, 15) is 9.90 Å². The van der Waals surface area contributed by atoms with Crippen molar-refractivity contribution in [3.05, 3.63) is 52.0 Å². The standard InChI is InChI=1S/C17H15N3O2S/c1-8-7-9(2)18-17-12(8)13-14(23-17)16(22)20-15(19-13)10-3-5-11(21)6-4-10/h3-7,15,19,21H,1-2H3,(H,20,22)/t15-/m0/s1. The van der Waals surface area contributed by atoms with Gasteiger partial charge in [0.25, 0.3) is 5.91 Å². The van der Waals surface area contributed by atoms with Gasteiger partial charge in [-0.05, 0) is 43.2 Å². The average molecular weight is 325 g/mol. The summed E-state index contributed by atoms with van der Waals surface area (Å²) in [7, 11) is 0. The SMILES string of the molecule is Cc1cc(C)c2c3c(sc2n1)C(=O)N[C@@H](c1ccc(O)cc1)N3. The summed E-state index contributed by atoms with van der Waals surface area (Å²) in [5.74, 6) is 0.102. The molecule has 0 unspecified atom stereocenters. The van der Waals surface area contributed by atoms with E-state index in [2.05, 4.69) is 15.6 Å². The number of nitrogens with zero attached hydrogens (tertiary/aromatic N) is 1. The van der Waals surface area contributed by atoms with Gasteiger partial charge in [-0.25, -0.2) is 4.98 Å². The minimum absolute atomic E-state index is 0.100. The Morgan fingerprint density at radius 3 is 2.65 bits per heavy atom. The summed E-state index contributed by atoms with van der Waals surface area (Å²) in [5.41, 5.74) is 3.79. The summed E-state index contributed by atoms with van der Waals surface area (Å²) in [4.78, 5) is 18.6. The first-order valence-electron chi connectivity index (χ1n) is 7.30. The lowest BCUT2D eigenvalue weighted by Gasteiger charge is -2.26. The Morgan fingerprint density at radius 2 is 1.91 bits per heavy atom. The van der Waals surface area contributed by atoms with Crippen LogP contribution in [0.15, 0.2) is 30.3 Å². The number of rotatable bonds is 1. The van der Waals surface area contributed by atoms with Gasteiger partial charge in [0, 0.05) is 11.1 Å². The van der Waals surface area contributed by atoms with Gasteiger partial charge in [-0.1, -0.05) is 12.1 Å². The van der Waals surface area contributed by atoms with Crippen LogP contribution < -0.4 is 10.6 Å². The van der Waals surface area contributed by atoms with E-state index in [1.165, 1.54) is 11.3 Å². The van der Waals surface area contributed by atoms with Crippen molar-refractivity contribution in [2.24, 2.45) is 0 Å². The molecule has 3 N–H and O–H groups in total. The lowest BCUT2D eigenvalue weighted by Crippen LogP contribution is -2.37. The number of nitrogens with one attached hydrogen (secondary N) is 2. The zero-order chi connectivity index (χ0) is 16.1. The van der Waals surface area contributed by atoms with Gasteiger partial charge < -0.3 is 15.7 Å². The lowest BCUT2D eigenvalue weighted by atomic mass is 10.1. The van der Waals surface area contributed by atoms with E-state index < -0.39 is 0 Å². The van der Waals surface area contributed by atoms with Gasteiger partial charge in [0.2, 0.25) is 0 Å². The number of thiophene rings is 1. The van der Waals surface area contributed by atoms with Gasteiger partial charge in [-0.3, -0.25) is 4.79 Å². The molecule has 0 bridgehead atoms. The van der Waals surface area contributed by atoms with Crippen LogP contribution in [0.3, 0.4) is 0 Å². The van der Waals surface area contributed by atoms with E-state index in [0.717, 1.165) is 32.7 Å². The molecule has 1 amide bonds. The highest BCUT2D eigenvalue weighted by atomic mass is 32.1. The molecule has 6 heteroatoms. The van der Waals surface area contributed by atoms with Crippen LogP contribution in [0.2, 0.25) is 0 Å². The summed E-state index contributed by atoms with van der Waals surface area (Å²) < 4.78 is 0. The quantitative estimate of drug-likeness (QED) is 0.640. The highest BCUT2D eigenvalue weighted by Crippen LogP contribution is 2.40. The number of phenolic OH excluding ortho intramolecular Hbond substituents is 1. The highest BCUT2D eigenvalue weighted by Gasteiger charge is 2.29. The van der Waals surface area contributed by atoms with Crippen molar-refractivity contribution in [3.63, 3.8) is 0 Å². The second-order valence-corrected chi connectivity index (χ2v) is 6.71. The number of aromatic hydroxyl groups is 1. The largest absolute Gasteiger partial charge is 0.508 e. The van der Waals surface area contributed by atoms with Gasteiger partial charge in [0.1, 0.15) is 21.6 Å². The molecule has 5 nitrogen and oxygen atoms in total. The van der Waals surface area contributed by atoms with Crippen molar-refractivity contribution in [1.29, 1.82) is 0 Å². The summed E-state index contributed by atoms with van der Waals surface area (Å²) >= 11 is 1.41.